The predicted octanol–water partition coefficient (Wildman–Crippen LogP) is 4.55. The SMILES string of the molecule is CC(C)(C)OC(=O)N1CCC[C@H](COc2ccc(N3CCN(C(=O)c4ccc(C#N)cc4)CC3)cc2)C1. The lowest BCUT2D eigenvalue weighted by atomic mass is 9.99. The average molecular weight is 505 g/mol. The first-order valence-corrected chi connectivity index (χ1v) is 13.0. The average Bonchev–Trinajstić information content (AvgIpc) is 2.91. The highest BCUT2D eigenvalue weighted by Gasteiger charge is 2.28. The first-order chi connectivity index (χ1) is 17.7. The number of nitriles is 1. The molecular formula is C29H36N4O4. The molecule has 2 aliphatic rings. The Hall–Kier alpha value is -3.73. The van der Waals surface area contributed by atoms with Crippen LogP contribution in [0.25, 0.3) is 0 Å². The maximum atomic E-state index is 12.8. The van der Waals surface area contributed by atoms with Crippen LogP contribution >= 0.6 is 0 Å². The summed E-state index contributed by atoms with van der Waals surface area (Å²) in [6, 6.07) is 17.0. The number of anilines is 1. The van der Waals surface area contributed by atoms with Crippen LogP contribution in [-0.2, 0) is 4.74 Å². The second-order valence-electron chi connectivity index (χ2n) is 10.7. The molecule has 0 unspecified atom stereocenters. The Labute approximate surface area is 219 Å². The van der Waals surface area contributed by atoms with Crippen LogP contribution in [0.3, 0.4) is 0 Å². The number of piperazine rings is 1. The summed E-state index contributed by atoms with van der Waals surface area (Å²) < 4.78 is 11.6. The van der Waals surface area contributed by atoms with Crippen molar-refractivity contribution in [3.05, 3.63) is 59.7 Å². The van der Waals surface area contributed by atoms with E-state index in [-0.39, 0.29) is 17.9 Å². The Morgan fingerprint density at radius 3 is 2.24 bits per heavy atom. The summed E-state index contributed by atoms with van der Waals surface area (Å²) in [6.07, 6.45) is 1.73. The molecule has 0 radical (unpaired) electrons. The summed E-state index contributed by atoms with van der Waals surface area (Å²) >= 11 is 0. The maximum Gasteiger partial charge on any atom is 0.410 e. The summed E-state index contributed by atoms with van der Waals surface area (Å²) in [5.74, 6) is 1.09. The van der Waals surface area contributed by atoms with E-state index in [0.717, 1.165) is 43.9 Å². The number of rotatable bonds is 5. The third kappa shape index (κ3) is 7.16. The molecule has 4 rings (SSSR count). The molecule has 2 fully saturated rings. The number of benzene rings is 2. The van der Waals surface area contributed by atoms with Crippen molar-refractivity contribution in [3.8, 4) is 11.8 Å². The quantitative estimate of drug-likeness (QED) is 0.594. The molecule has 2 saturated heterocycles. The van der Waals surface area contributed by atoms with Crippen LogP contribution < -0.4 is 9.64 Å². The van der Waals surface area contributed by atoms with E-state index in [4.69, 9.17) is 14.7 Å². The number of carbonyl (C=O) groups is 2. The molecule has 37 heavy (non-hydrogen) atoms. The number of ether oxygens (including phenoxy) is 2. The third-order valence-corrected chi connectivity index (χ3v) is 6.69. The van der Waals surface area contributed by atoms with Crippen molar-refractivity contribution in [1.82, 2.24) is 9.80 Å². The third-order valence-electron chi connectivity index (χ3n) is 6.69. The standard InChI is InChI=1S/C29H36N4O4/c1-29(2,3)37-28(35)33-14-4-5-23(20-33)21-36-26-12-10-25(11-13-26)31-15-17-32(18-16-31)27(34)24-8-6-22(19-30)7-9-24/h6-13,23H,4-5,14-18,20-21H2,1-3H3/t23-/m0/s1. The van der Waals surface area contributed by atoms with Crippen LogP contribution in [0, 0.1) is 17.2 Å². The van der Waals surface area contributed by atoms with E-state index in [1.165, 1.54) is 0 Å². The van der Waals surface area contributed by atoms with Crippen LogP contribution in [0.2, 0.25) is 0 Å². The molecule has 8 nitrogen and oxygen atoms in total. The zero-order valence-electron chi connectivity index (χ0n) is 22.0. The normalized spacial score (nSPS) is 18.2. The van der Waals surface area contributed by atoms with Crippen molar-refractivity contribution in [2.75, 3.05) is 50.8 Å². The van der Waals surface area contributed by atoms with E-state index in [2.05, 4.69) is 23.1 Å². The van der Waals surface area contributed by atoms with Gasteiger partial charge < -0.3 is 24.2 Å². The highest BCUT2D eigenvalue weighted by molar-refractivity contribution is 5.94. The lowest BCUT2D eigenvalue weighted by Crippen LogP contribution is -2.48. The van der Waals surface area contributed by atoms with Crippen molar-refractivity contribution in [1.29, 1.82) is 5.26 Å². The summed E-state index contributed by atoms with van der Waals surface area (Å²) in [4.78, 5) is 31.1. The molecule has 0 bridgehead atoms. The molecule has 0 aromatic heterocycles. The van der Waals surface area contributed by atoms with Gasteiger partial charge >= 0.3 is 6.09 Å². The first kappa shape index (κ1) is 26.3. The molecule has 2 amide bonds. The predicted molar refractivity (Wildman–Crippen MR) is 142 cm³/mol. The monoisotopic (exact) mass is 504 g/mol. The molecule has 0 saturated carbocycles. The van der Waals surface area contributed by atoms with E-state index >= 15 is 0 Å². The number of hydrogen-bond acceptors (Lipinski definition) is 6. The van der Waals surface area contributed by atoms with E-state index in [0.29, 0.717) is 37.4 Å². The van der Waals surface area contributed by atoms with Crippen molar-refractivity contribution in [3.63, 3.8) is 0 Å². The van der Waals surface area contributed by atoms with Gasteiger partial charge in [0.2, 0.25) is 0 Å². The van der Waals surface area contributed by atoms with Crippen molar-refractivity contribution >= 4 is 17.7 Å². The van der Waals surface area contributed by atoms with Gasteiger partial charge in [-0.05, 0) is 82.1 Å². The van der Waals surface area contributed by atoms with Crippen molar-refractivity contribution in [2.24, 2.45) is 5.92 Å². The Kier molecular flexibility index (Phi) is 8.22. The molecule has 0 N–H and O–H groups in total. The Morgan fingerprint density at radius 1 is 0.946 bits per heavy atom. The van der Waals surface area contributed by atoms with Gasteiger partial charge in [0, 0.05) is 56.4 Å². The fourth-order valence-corrected chi connectivity index (χ4v) is 4.70. The summed E-state index contributed by atoms with van der Waals surface area (Å²) in [7, 11) is 0. The lowest BCUT2D eigenvalue weighted by molar-refractivity contribution is 0.0139. The fourth-order valence-electron chi connectivity index (χ4n) is 4.70. The minimum absolute atomic E-state index is 0.000773. The van der Waals surface area contributed by atoms with Gasteiger partial charge in [0.25, 0.3) is 5.91 Å². The maximum absolute atomic E-state index is 12.8. The Bertz CT molecular complexity index is 1110. The van der Waals surface area contributed by atoms with Gasteiger partial charge in [-0.3, -0.25) is 4.79 Å². The molecule has 0 aliphatic carbocycles. The van der Waals surface area contributed by atoms with E-state index in [9.17, 15) is 9.59 Å². The van der Waals surface area contributed by atoms with Crippen molar-refractivity contribution < 1.29 is 19.1 Å². The molecule has 1 atom stereocenters. The molecule has 196 valence electrons. The molecular weight excluding hydrogens is 468 g/mol. The van der Waals surface area contributed by atoms with Crippen LogP contribution in [0.1, 0.15) is 49.5 Å². The number of nitrogens with zero attached hydrogens (tertiary/aromatic N) is 4. The second-order valence-corrected chi connectivity index (χ2v) is 10.7. The van der Waals surface area contributed by atoms with Crippen LogP contribution in [0.5, 0.6) is 5.75 Å². The molecule has 2 aliphatic heterocycles. The summed E-state index contributed by atoms with van der Waals surface area (Å²) in [5, 5.41) is 8.94. The molecule has 2 heterocycles. The van der Waals surface area contributed by atoms with Gasteiger partial charge in [0.1, 0.15) is 11.4 Å². The van der Waals surface area contributed by atoms with E-state index in [1.807, 2.05) is 37.8 Å². The topological polar surface area (TPSA) is 86.1 Å². The van der Waals surface area contributed by atoms with Crippen LogP contribution in [0.15, 0.2) is 48.5 Å². The Morgan fingerprint density at radius 2 is 1.62 bits per heavy atom. The molecule has 2 aromatic carbocycles. The molecule has 8 heteroatoms. The smallest absolute Gasteiger partial charge is 0.410 e. The summed E-state index contributed by atoms with van der Waals surface area (Å²) in [5.41, 5.74) is 1.78. The second kappa shape index (κ2) is 11.5. The fraction of sp³-hybridized carbons (Fsp3) is 0.483. The van der Waals surface area contributed by atoms with E-state index < -0.39 is 5.60 Å². The molecule has 2 aromatic rings. The van der Waals surface area contributed by atoms with E-state index in [1.54, 1.807) is 29.2 Å². The van der Waals surface area contributed by atoms with Crippen molar-refractivity contribution in [2.45, 2.75) is 39.2 Å². The summed E-state index contributed by atoms with van der Waals surface area (Å²) in [6.45, 7) is 10.4. The van der Waals surface area contributed by atoms with Crippen LogP contribution in [0.4, 0.5) is 10.5 Å². The Balaban J connectivity index is 1.23. The van der Waals surface area contributed by atoms with Gasteiger partial charge in [-0.15, -0.1) is 0 Å². The highest BCUT2D eigenvalue weighted by atomic mass is 16.6. The number of hydrogen-bond donors (Lipinski definition) is 0. The number of amides is 2. The number of likely N-dealkylation sites (tertiary alicyclic amines) is 1. The van der Waals surface area contributed by atoms with Crippen LogP contribution in [-0.4, -0.2) is 73.3 Å². The minimum Gasteiger partial charge on any atom is -0.493 e. The first-order valence-electron chi connectivity index (χ1n) is 13.0. The number of carbonyl (C=O) groups excluding carboxylic acids is 2. The van der Waals surface area contributed by atoms with Gasteiger partial charge in [-0.2, -0.15) is 5.26 Å². The largest absolute Gasteiger partial charge is 0.493 e. The van der Waals surface area contributed by atoms with Gasteiger partial charge in [-0.1, -0.05) is 0 Å². The zero-order valence-corrected chi connectivity index (χ0v) is 22.0. The molecule has 0 spiro atoms. The lowest BCUT2D eigenvalue weighted by Gasteiger charge is -2.36. The number of piperidine rings is 1. The zero-order chi connectivity index (χ0) is 26.4. The minimum atomic E-state index is -0.491. The highest BCUT2D eigenvalue weighted by Crippen LogP contribution is 2.24. The van der Waals surface area contributed by atoms with Gasteiger partial charge in [-0.25, -0.2) is 4.79 Å². The van der Waals surface area contributed by atoms with Gasteiger partial charge in [0.05, 0.1) is 18.2 Å². The van der Waals surface area contributed by atoms with Gasteiger partial charge in [0.15, 0.2) is 0 Å².